The van der Waals surface area contributed by atoms with Crippen molar-refractivity contribution < 1.29 is 9.53 Å². The molecule has 1 aromatic carbocycles. The monoisotopic (exact) mass is 302 g/mol. The van der Waals surface area contributed by atoms with E-state index in [2.05, 4.69) is 18.7 Å². The molecule has 1 aromatic rings. The van der Waals surface area contributed by atoms with E-state index in [1.165, 1.54) is 11.1 Å². The Hall–Kier alpha value is -1.97. The number of nitrogens with two attached hydrogens (primary N) is 1. The predicted molar refractivity (Wildman–Crippen MR) is 89.6 cm³/mol. The van der Waals surface area contributed by atoms with E-state index < -0.39 is 5.60 Å². The second-order valence-corrected chi connectivity index (χ2v) is 6.93. The molecule has 1 aliphatic heterocycles. The van der Waals surface area contributed by atoms with E-state index >= 15 is 0 Å². The highest BCUT2D eigenvalue weighted by atomic mass is 16.6. The van der Waals surface area contributed by atoms with Crippen LogP contribution in [-0.4, -0.2) is 29.7 Å². The van der Waals surface area contributed by atoms with Crippen LogP contribution < -0.4 is 5.73 Å². The van der Waals surface area contributed by atoms with Gasteiger partial charge >= 0.3 is 6.09 Å². The van der Waals surface area contributed by atoms with E-state index in [0.717, 1.165) is 24.0 Å². The predicted octanol–water partition coefficient (Wildman–Crippen LogP) is 3.26. The van der Waals surface area contributed by atoms with E-state index in [-0.39, 0.29) is 6.09 Å². The molecular formula is C18H26N2O2. The Morgan fingerprint density at radius 3 is 2.27 bits per heavy atom. The van der Waals surface area contributed by atoms with Crippen LogP contribution in [0.5, 0.6) is 0 Å². The van der Waals surface area contributed by atoms with E-state index in [4.69, 9.17) is 10.5 Å². The third kappa shape index (κ3) is 3.81. The highest BCUT2D eigenvalue weighted by Crippen LogP contribution is 2.24. The molecule has 0 spiro atoms. The lowest BCUT2D eigenvalue weighted by molar-refractivity contribution is 0.0258. The average molecular weight is 302 g/mol. The van der Waals surface area contributed by atoms with Gasteiger partial charge < -0.3 is 15.4 Å². The van der Waals surface area contributed by atoms with Crippen LogP contribution in [0.3, 0.4) is 0 Å². The van der Waals surface area contributed by atoms with Crippen molar-refractivity contribution in [3.8, 4) is 0 Å². The number of carbonyl (C=O) groups is 1. The number of hydrogen-bond donors (Lipinski definition) is 1. The first-order valence-electron chi connectivity index (χ1n) is 7.72. The molecule has 0 atom stereocenters. The summed E-state index contributed by atoms with van der Waals surface area (Å²) in [4.78, 5) is 14.0. The van der Waals surface area contributed by atoms with Crippen molar-refractivity contribution in [3.63, 3.8) is 0 Å². The van der Waals surface area contributed by atoms with Crippen LogP contribution in [-0.2, 0) is 17.6 Å². The van der Waals surface area contributed by atoms with Crippen molar-refractivity contribution in [2.75, 3.05) is 13.1 Å². The molecule has 0 unspecified atom stereocenters. The summed E-state index contributed by atoms with van der Waals surface area (Å²) in [7, 11) is 0. The van der Waals surface area contributed by atoms with Gasteiger partial charge in [-0.25, -0.2) is 4.79 Å². The second-order valence-electron chi connectivity index (χ2n) is 6.93. The number of fused-ring (bicyclic) bond motifs is 1. The number of rotatable bonds is 1. The average Bonchev–Trinajstić information content (AvgIpc) is 2.57. The molecule has 4 heteroatoms. The molecule has 0 saturated carbocycles. The Kier molecular flexibility index (Phi) is 4.50. The van der Waals surface area contributed by atoms with Gasteiger partial charge in [0, 0.05) is 18.8 Å². The SMILES string of the molecule is C=C(N)c1cc2c(cc1C)CCN(C(=O)OC(C)(C)C)CC2. The number of amides is 1. The largest absolute Gasteiger partial charge is 0.444 e. The van der Waals surface area contributed by atoms with E-state index in [0.29, 0.717) is 18.8 Å². The zero-order chi connectivity index (χ0) is 16.5. The fourth-order valence-corrected chi connectivity index (χ4v) is 2.76. The van der Waals surface area contributed by atoms with E-state index in [1.807, 2.05) is 27.7 Å². The summed E-state index contributed by atoms with van der Waals surface area (Å²) in [6.45, 7) is 12.9. The summed E-state index contributed by atoms with van der Waals surface area (Å²) >= 11 is 0. The zero-order valence-electron chi connectivity index (χ0n) is 14.0. The van der Waals surface area contributed by atoms with Crippen LogP contribution in [0.25, 0.3) is 5.70 Å². The zero-order valence-corrected chi connectivity index (χ0v) is 14.0. The summed E-state index contributed by atoms with van der Waals surface area (Å²) in [5.74, 6) is 0. The highest BCUT2D eigenvalue weighted by molar-refractivity contribution is 5.69. The quantitative estimate of drug-likeness (QED) is 0.866. The minimum absolute atomic E-state index is 0.236. The maximum Gasteiger partial charge on any atom is 0.410 e. The molecule has 0 aliphatic carbocycles. The topological polar surface area (TPSA) is 55.6 Å². The molecule has 0 radical (unpaired) electrons. The molecule has 4 nitrogen and oxygen atoms in total. The van der Waals surface area contributed by atoms with Gasteiger partial charge in [0.2, 0.25) is 0 Å². The normalized spacial score (nSPS) is 15.0. The van der Waals surface area contributed by atoms with Crippen LogP contribution in [0.2, 0.25) is 0 Å². The van der Waals surface area contributed by atoms with Gasteiger partial charge in [0.05, 0.1) is 0 Å². The minimum atomic E-state index is -0.461. The summed E-state index contributed by atoms with van der Waals surface area (Å²) in [5, 5.41) is 0. The van der Waals surface area contributed by atoms with Gasteiger partial charge in [0.1, 0.15) is 5.60 Å². The number of nitrogens with zero attached hydrogens (tertiary/aromatic N) is 1. The first kappa shape index (κ1) is 16.4. The van der Waals surface area contributed by atoms with E-state index in [1.54, 1.807) is 4.90 Å². The van der Waals surface area contributed by atoms with Gasteiger partial charge in [-0.2, -0.15) is 0 Å². The molecule has 2 N–H and O–H groups in total. The first-order valence-corrected chi connectivity index (χ1v) is 7.72. The third-order valence-corrected chi connectivity index (χ3v) is 3.85. The van der Waals surface area contributed by atoms with Gasteiger partial charge in [0.25, 0.3) is 0 Å². The maximum atomic E-state index is 12.2. The Morgan fingerprint density at radius 1 is 1.23 bits per heavy atom. The molecule has 2 rings (SSSR count). The van der Waals surface area contributed by atoms with Crippen LogP contribution in [0, 0.1) is 6.92 Å². The summed E-state index contributed by atoms with van der Waals surface area (Å²) in [6, 6.07) is 4.28. The molecule has 1 amide bonds. The Bertz CT molecular complexity index is 600. The molecule has 120 valence electrons. The summed E-state index contributed by atoms with van der Waals surface area (Å²) in [5.41, 5.74) is 10.7. The summed E-state index contributed by atoms with van der Waals surface area (Å²) < 4.78 is 5.47. The number of ether oxygens (including phenoxy) is 1. The molecule has 1 aliphatic rings. The Labute approximate surface area is 132 Å². The number of benzene rings is 1. The standard InChI is InChI=1S/C18H26N2O2/c1-12-10-14-6-8-20(17(21)22-18(3,4)5)9-7-15(14)11-16(12)13(2)19/h10-11H,2,6-9,19H2,1,3-5H3. The Balaban J connectivity index is 2.16. The lowest BCUT2D eigenvalue weighted by Gasteiger charge is -2.26. The molecule has 0 bridgehead atoms. The van der Waals surface area contributed by atoms with Gasteiger partial charge in [0.15, 0.2) is 0 Å². The fraction of sp³-hybridized carbons (Fsp3) is 0.500. The van der Waals surface area contributed by atoms with Crippen molar-refractivity contribution in [2.24, 2.45) is 5.73 Å². The molecule has 1 heterocycles. The van der Waals surface area contributed by atoms with Crippen LogP contribution in [0.4, 0.5) is 4.79 Å². The van der Waals surface area contributed by atoms with Crippen molar-refractivity contribution in [1.29, 1.82) is 0 Å². The molecule has 0 fully saturated rings. The van der Waals surface area contributed by atoms with Crippen molar-refractivity contribution in [1.82, 2.24) is 4.90 Å². The highest BCUT2D eigenvalue weighted by Gasteiger charge is 2.24. The molecule has 22 heavy (non-hydrogen) atoms. The fourth-order valence-electron chi connectivity index (χ4n) is 2.76. The minimum Gasteiger partial charge on any atom is -0.444 e. The van der Waals surface area contributed by atoms with Crippen molar-refractivity contribution in [2.45, 2.75) is 46.1 Å². The molecule has 0 saturated heterocycles. The molecular weight excluding hydrogens is 276 g/mol. The van der Waals surface area contributed by atoms with Gasteiger partial charge in [-0.15, -0.1) is 0 Å². The number of hydrogen-bond acceptors (Lipinski definition) is 3. The number of carbonyl (C=O) groups excluding carboxylic acids is 1. The van der Waals surface area contributed by atoms with Crippen molar-refractivity contribution >= 4 is 11.8 Å². The smallest absolute Gasteiger partial charge is 0.410 e. The maximum absolute atomic E-state index is 12.2. The van der Waals surface area contributed by atoms with Gasteiger partial charge in [-0.3, -0.25) is 0 Å². The molecule has 0 aromatic heterocycles. The van der Waals surface area contributed by atoms with Gasteiger partial charge in [-0.05, 0) is 68.9 Å². The lowest BCUT2D eigenvalue weighted by atomic mass is 9.95. The van der Waals surface area contributed by atoms with Crippen LogP contribution >= 0.6 is 0 Å². The van der Waals surface area contributed by atoms with Gasteiger partial charge in [-0.1, -0.05) is 12.6 Å². The second kappa shape index (κ2) is 6.03. The number of aryl methyl sites for hydroxylation is 1. The third-order valence-electron chi connectivity index (χ3n) is 3.85. The van der Waals surface area contributed by atoms with Crippen LogP contribution in [0.1, 0.15) is 43.0 Å². The first-order chi connectivity index (χ1) is 10.2. The van der Waals surface area contributed by atoms with Crippen LogP contribution in [0.15, 0.2) is 18.7 Å². The van der Waals surface area contributed by atoms with Crippen molar-refractivity contribution in [3.05, 3.63) is 41.0 Å². The summed E-state index contributed by atoms with van der Waals surface area (Å²) in [6.07, 6.45) is 1.42. The van der Waals surface area contributed by atoms with E-state index in [9.17, 15) is 4.79 Å². The Morgan fingerprint density at radius 2 is 1.77 bits per heavy atom. The lowest BCUT2D eigenvalue weighted by Crippen LogP contribution is -2.38.